The number of alkyl halides is 1. The van der Waals surface area contributed by atoms with Gasteiger partial charge < -0.3 is 15.1 Å². The molecule has 1 aliphatic heterocycles. The number of halogens is 1. The first-order chi connectivity index (χ1) is 14.3. The first kappa shape index (κ1) is 20.6. The predicted molar refractivity (Wildman–Crippen MR) is 124 cm³/mol. The van der Waals surface area contributed by atoms with E-state index in [0.717, 1.165) is 46.6 Å². The molecule has 4 nitrogen and oxygen atoms in total. The molecule has 158 valence electrons. The van der Waals surface area contributed by atoms with Gasteiger partial charge in [0.1, 0.15) is 11.5 Å². The van der Waals surface area contributed by atoms with Gasteiger partial charge in [-0.1, -0.05) is 35.9 Å². The fourth-order valence-electron chi connectivity index (χ4n) is 4.17. The molecule has 1 aromatic heterocycles. The number of hydrogen-bond acceptors (Lipinski definition) is 4. The molecule has 0 bridgehead atoms. The summed E-state index contributed by atoms with van der Waals surface area (Å²) in [5.41, 5.74) is 3.77. The molecular formula is C25H31FN4. The molecular weight excluding hydrogens is 375 g/mol. The molecule has 0 aliphatic carbocycles. The van der Waals surface area contributed by atoms with Gasteiger partial charge in [0.2, 0.25) is 0 Å². The lowest BCUT2D eigenvalue weighted by Crippen LogP contribution is -2.25. The van der Waals surface area contributed by atoms with E-state index >= 15 is 4.39 Å². The molecule has 1 unspecified atom stereocenters. The number of nitrogens with zero attached hydrogens (tertiary/aromatic N) is 3. The summed E-state index contributed by atoms with van der Waals surface area (Å²) >= 11 is 0. The quantitative estimate of drug-likeness (QED) is 0.638. The number of fused-ring (bicyclic) bond motifs is 2. The van der Waals surface area contributed by atoms with Gasteiger partial charge in [0.25, 0.3) is 0 Å². The molecule has 2 aromatic carbocycles. The summed E-state index contributed by atoms with van der Waals surface area (Å²) in [6.07, 6.45) is 0.445. The van der Waals surface area contributed by atoms with Crippen molar-refractivity contribution in [2.24, 2.45) is 0 Å². The van der Waals surface area contributed by atoms with Crippen LogP contribution in [0, 0.1) is 6.92 Å². The average molecular weight is 407 g/mol. The largest absolute Gasteiger partial charge is 0.383 e. The number of pyridine rings is 1. The third-order valence-corrected chi connectivity index (χ3v) is 5.94. The number of aryl methyl sites for hydroxylation is 1. The lowest BCUT2D eigenvalue weighted by molar-refractivity contribution is 0.182. The average Bonchev–Trinajstić information content (AvgIpc) is 2.84. The van der Waals surface area contributed by atoms with Crippen molar-refractivity contribution in [3.05, 3.63) is 65.2 Å². The van der Waals surface area contributed by atoms with Gasteiger partial charge in [-0.05, 0) is 51.2 Å². The number of nitrogens with one attached hydrogen (secondary N) is 1. The van der Waals surface area contributed by atoms with Crippen molar-refractivity contribution in [3.8, 4) is 0 Å². The van der Waals surface area contributed by atoms with Crippen LogP contribution >= 0.6 is 0 Å². The Morgan fingerprint density at radius 2 is 1.97 bits per heavy atom. The SMILES string of the molecule is Cc1ccc2nc(N3CCC(C)(F)c4ccccc4C3)cc(NCCN(C)C)c2c1. The van der Waals surface area contributed by atoms with E-state index < -0.39 is 5.67 Å². The molecule has 4 rings (SSSR count). The number of rotatable bonds is 5. The van der Waals surface area contributed by atoms with Crippen molar-refractivity contribution in [2.75, 3.05) is 43.9 Å². The molecule has 3 aromatic rings. The first-order valence-corrected chi connectivity index (χ1v) is 10.7. The summed E-state index contributed by atoms with van der Waals surface area (Å²) < 4.78 is 15.4. The van der Waals surface area contributed by atoms with E-state index in [1.165, 1.54) is 5.56 Å². The Balaban J connectivity index is 1.72. The second kappa shape index (κ2) is 8.23. The highest BCUT2D eigenvalue weighted by atomic mass is 19.1. The minimum absolute atomic E-state index is 0.445. The van der Waals surface area contributed by atoms with Crippen molar-refractivity contribution in [2.45, 2.75) is 32.5 Å². The lowest BCUT2D eigenvalue weighted by Gasteiger charge is -2.24. The first-order valence-electron chi connectivity index (χ1n) is 10.7. The number of hydrogen-bond donors (Lipinski definition) is 1. The van der Waals surface area contributed by atoms with Crippen LogP contribution in [0.15, 0.2) is 48.5 Å². The Labute approximate surface area is 178 Å². The Kier molecular flexibility index (Phi) is 5.65. The van der Waals surface area contributed by atoms with E-state index in [1.54, 1.807) is 6.92 Å². The van der Waals surface area contributed by atoms with Crippen LogP contribution in [0.2, 0.25) is 0 Å². The van der Waals surface area contributed by atoms with Crippen molar-refractivity contribution in [1.82, 2.24) is 9.88 Å². The summed E-state index contributed by atoms with van der Waals surface area (Å²) in [6.45, 7) is 6.89. The Morgan fingerprint density at radius 1 is 1.17 bits per heavy atom. The van der Waals surface area contributed by atoms with Crippen LogP contribution in [-0.2, 0) is 12.2 Å². The predicted octanol–water partition coefficient (Wildman–Crippen LogP) is 5.11. The molecule has 0 saturated carbocycles. The molecule has 30 heavy (non-hydrogen) atoms. The molecule has 1 N–H and O–H groups in total. The van der Waals surface area contributed by atoms with E-state index in [9.17, 15) is 0 Å². The highest BCUT2D eigenvalue weighted by Gasteiger charge is 2.32. The van der Waals surface area contributed by atoms with E-state index in [-0.39, 0.29) is 0 Å². The Morgan fingerprint density at radius 3 is 2.77 bits per heavy atom. The van der Waals surface area contributed by atoms with Crippen LogP contribution in [0.3, 0.4) is 0 Å². The summed E-state index contributed by atoms with van der Waals surface area (Å²) in [7, 11) is 4.15. The monoisotopic (exact) mass is 406 g/mol. The molecule has 1 atom stereocenters. The zero-order valence-corrected chi connectivity index (χ0v) is 18.4. The topological polar surface area (TPSA) is 31.4 Å². The smallest absolute Gasteiger partial charge is 0.135 e. The summed E-state index contributed by atoms with van der Waals surface area (Å²) in [6, 6.07) is 16.4. The van der Waals surface area contributed by atoms with Gasteiger partial charge >= 0.3 is 0 Å². The minimum Gasteiger partial charge on any atom is -0.383 e. The maximum atomic E-state index is 15.4. The fourth-order valence-corrected chi connectivity index (χ4v) is 4.17. The number of aromatic nitrogens is 1. The van der Waals surface area contributed by atoms with Gasteiger partial charge in [-0.15, -0.1) is 0 Å². The van der Waals surface area contributed by atoms with Crippen LogP contribution in [-0.4, -0.2) is 43.6 Å². The molecule has 0 spiro atoms. The third-order valence-electron chi connectivity index (χ3n) is 5.94. The Bertz CT molecular complexity index is 1040. The fraction of sp³-hybridized carbons (Fsp3) is 0.400. The van der Waals surface area contributed by atoms with Gasteiger partial charge in [0.05, 0.1) is 5.52 Å². The normalized spacial score (nSPS) is 19.1. The summed E-state index contributed by atoms with van der Waals surface area (Å²) in [5, 5.41) is 4.72. The van der Waals surface area contributed by atoms with Crippen molar-refractivity contribution in [3.63, 3.8) is 0 Å². The van der Waals surface area contributed by atoms with E-state index in [0.29, 0.717) is 19.5 Å². The van der Waals surface area contributed by atoms with Crippen molar-refractivity contribution < 1.29 is 4.39 Å². The highest BCUT2D eigenvalue weighted by molar-refractivity contribution is 5.93. The zero-order chi connectivity index (χ0) is 21.3. The maximum absolute atomic E-state index is 15.4. The number of benzene rings is 2. The van der Waals surface area contributed by atoms with Crippen molar-refractivity contribution >= 4 is 22.4 Å². The third kappa shape index (κ3) is 4.26. The second-order valence-electron chi connectivity index (χ2n) is 8.80. The molecule has 0 amide bonds. The van der Waals surface area contributed by atoms with Gasteiger partial charge in [-0.2, -0.15) is 0 Å². The van der Waals surface area contributed by atoms with Crippen LogP contribution in [0.1, 0.15) is 30.0 Å². The molecule has 0 radical (unpaired) electrons. The zero-order valence-electron chi connectivity index (χ0n) is 18.4. The molecule has 5 heteroatoms. The molecule has 2 heterocycles. The van der Waals surface area contributed by atoms with Gasteiger partial charge in [-0.3, -0.25) is 0 Å². The van der Waals surface area contributed by atoms with Crippen molar-refractivity contribution in [1.29, 1.82) is 0 Å². The van der Waals surface area contributed by atoms with Crippen LogP contribution < -0.4 is 10.2 Å². The van der Waals surface area contributed by atoms with E-state index in [1.807, 2.05) is 24.3 Å². The lowest BCUT2D eigenvalue weighted by atomic mass is 9.92. The summed E-state index contributed by atoms with van der Waals surface area (Å²) in [4.78, 5) is 9.33. The molecule has 1 aliphatic rings. The van der Waals surface area contributed by atoms with Gasteiger partial charge in [-0.25, -0.2) is 9.37 Å². The van der Waals surface area contributed by atoms with Crippen LogP contribution in [0.4, 0.5) is 15.9 Å². The maximum Gasteiger partial charge on any atom is 0.135 e. The van der Waals surface area contributed by atoms with Gasteiger partial charge in [0, 0.05) is 49.7 Å². The van der Waals surface area contributed by atoms with Crippen LogP contribution in [0.5, 0.6) is 0 Å². The Hall–Kier alpha value is -2.66. The molecule has 0 fully saturated rings. The van der Waals surface area contributed by atoms with Crippen LogP contribution in [0.25, 0.3) is 10.9 Å². The molecule has 0 saturated heterocycles. The minimum atomic E-state index is -1.33. The standard InChI is InChI=1S/C25H31FN4/c1-18-9-10-22-20(15-18)23(27-12-14-29(3)4)16-24(28-22)30-13-11-25(2,26)21-8-6-5-7-19(21)17-30/h5-10,15-16H,11-14,17H2,1-4H3,(H,27,28). The van der Waals surface area contributed by atoms with E-state index in [2.05, 4.69) is 60.4 Å². The second-order valence-corrected chi connectivity index (χ2v) is 8.80. The number of likely N-dealkylation sites (N-methyl/N-ethyl adjacent to an activating group) is 1. The van der Waals surface area contributed by atoms with E-state index in [4.69, 9.17) is 4.98 Å². The number of anilines is 2. The highest BCUT2D eigenvalue weighted by Crippen LogP contribution is 2.37. The summed E-state index contributed by atoms with van der Waals surface area (Å²) in [5.74, 6) is 0.895. The van der Waals surface area contributed by atoms with Gasteiger partial charge in [0.15, 0.2) is 0 Å².